The largest absolute Gasteiger partial charge is 0.103 e. The fraction of sp³-hybridized carbons (Fsp3) is 0.273. The monoisotopic (exact) mass is 146 g/mol. The molecule has 11 heavy (non-hydrogen) atoms. The van der Waals surface area contributed by atoms with Crippen LogP contribution in [0.15, 0.2) is 48.6 Å². The second-order valence-electron chi connectivity index (χ2n) is 2.68. The molecule has 0 N–H and O–H groups in total. The maximum atomic E-state index is 3.72. The van der Waals surface area contributed by atoms with Gasteiger partial charge in [0.1, 0.15) is 0 Å². The van der Waals surface area contributed by atoms with Crippen molar-refractivity contribution in [3.05, 3.63) is 48.6 Å². The Kier molecular flexibility index (Phi) is 2.91. The van der Waals surface area contributed by atoms with Crippen LogP contribution in [0.3, 0.4) is 0 Å². The van der Waals surface area contributed by atoms with Crippen molar-refractivity contribution in [2.45, 2.75) is 19.3 Å². The molecular weight excluding hydrogens is 132 g/mol. The van der Waals surface area contributed by atoms with Crippen molar-refractivity contribution in [1.82, 2.24) is 0 Å². The van der Waals surface area contributed by atoms with E-state index in [9.17, 15) is 0 Å². The van der Waals surface area contributed by atoms with Crippen LogP contribution in [0.2, 0.25) is 0 Å². The molecule has 0 atom stereocenters. The number of rotatable bonds is 4. The molecule has 58 valence electrons. The maximum absolute atomic E-state index is 3.72. The molecule has 1 aliphatic rings. The topological polar surface area (TPSA) is 0 Å². The van der Waals surface area contributed by atoms with Crippen LogP contribution in [0.5, 0.6) is 0 Å². The Morgan fingerprint density at radius 2 is 1.55 bits per heavy atom. The Morgan fingerprint density at radius 3 is 1.91 bits per heavy atom. The van der Waals surface area contributed by atoms with Crippen LogP contribution < -0.4 is 0 Å². The third kappa shape index (κ3) is 1.94. The molecular formula is C11H14. The van der Waals surface area contributed by atoms with Crippen molar-refractivity contribution in [3.63, 3.8) is 0 Å². The molecule has 0 radical (unpaired) electrons. The quantitative estimate of drug-likeness (QED) is 0.533. The van der Waals surface area contributed by atoms with Crippen LogP contribution in [0.25, 0.3) is 0 Å². The third-order valence-corrected chi connectivity index (χ3v) is 1.87. The summed E-state index contributed by atoms with van der Waals surface area (Å²) < 4.78 is 0. The minimum Gasteiger partial charge on any atom is -0.103 e. The molecule has 0 nitrogen and oxygen atoms in total. The van der Waals surface area contributed by atoms with Gasteiger partial charge >= 0.3 is 0 Å². The summed E-state index contributed by atoms with van der Waals surface area (Å²) in [6, 6.07) is 0. The van der Waals surface area contributed by atoms with E-state index in [-0.39, 0.29) is 0 Å². The van der Waals surface area contributed by atoms with Gasteiger partial charge in [0.2, 0.25) is 0 Å². The lowest BCUT2D eigenvalue weighted by atomic mass is 10.0. The minimum absolute atomic E-state index is 1.000. The van der Waals surface area contributed by atoms with E-state index in [0.29, 0.717) is 0 Å². The summed E-state index contributed by atoms with van der Waals surface area (Å²) in [4.78, 5) is 0. The highest BCUT2D eigenvalue weighted by Gasteiger charge is 2.05. The van der Waals surface area contributed by atoms with Crippen LogP contribution >= 0.6 is 0 Å². The Bertz CT molecular complexity index is 192. The van der Waals surface area contributed by atoms with Gasteiger partial charge in [-0.05, 0) is 30.4 Å². The first kappa shape index (κ1) is 8.06. The average molecular weight is 146 g/mol. The molecule has 0 aromatic heterocycles. The zero-order valence-electron chi connectivity index (χ0n) is 6.84. The van der Waals surface area contributed by atoms with Crippen molar-refractivity contribution in [2.75, 3.05) is 0 Å². The van der Waals surface area contributed by atoms with Crippen LogP contribution in [-0.2, 0) is 0 Å². The SMILES string of the molecule is C=CCC1=CCC=C1CC=C. The van der Waals surface area contributed by atoms with E-state index in [1.807, 2.05) is 12.2 Å². The summed E-state index contributed by atoms with van der Waals surface area (Å²) in [6.45, 7) is 7.45. The lowest BCUT2D eigenvalue weighted by Crippen LogP contribution is -1.82. The summed E-state index contributed by atoms with van der Waals surface area (Å²) in [5, 5.41) is 0. The highest BCUT2D eigenvalue weighted by atomic mass is 14.1. The fourth-order valence-corrected chi connectivity index (χ4v) is 1.35. The van der Waals surface area contributed by atoms with Crippen LogP contribution in [0, 0.1) is 0 Å². The standard InChI is InChI=1S/C11H14/c1-3-6-10-8-5-9-11(10)7-4-2/h3-4,8-9H,1-2,5-7H2. The van der Waals surface area contributed by atoms with Gasteiger partial charge in [0.15, 0.2) is 0 Å². The molecule has 1 aliphatic carbocycles. The van der Waals surface area contributed by atoms with Gasteiger partial charge in [-0.2, -0.15) is 0 Å². The molecule has 0 spiro atoms. The zero-order chi connectivity index (χ0) is 8.10. The predicted molar refractivity (Wildman–Crippen MR) is 50.4 cm³/mol. The Hall–Kier alpha value is -1.04. The summed E-state index contributed by atoms with van der Waals surface area (Å²) in [5.41, 5.74) is 2.86. The third-order valence-electron chi connectivity index (χ3n) is 1.87. The molecule has 0 aromatic rings. The molecule has 0 amide bonds. The molecule has 0 saturated heterocycles. The van der Waals surface area contributed by atoms with E-state index in [0.717, 1.165) is 19.3 Å². The molecule has 0 heterocycles. The Labute approximate surface area is 68.6 Å². The smallest absolute Gasteiger partial charge is 0.0100 e. The normalized spacial score (nSPS) is 15.6. The first-order valence-corrected chi connectivity index (χ1v) is 3.98. The van der Waals surface area contributed by atoms with E-state index in [4.69, 9.17) is 0 Å². The van der Waals surface area contributed by atoms with Crippen molar-refractivity contribution in [1.29, 1.82) is 0 Å². The number of hydrogen-bond donors (Lipinski definition) is 0. The first-order valence-electron chi connectivity index (χ1n) is 3.98. The van der Waals surface area contributed by atoms with Gasteiger partial charge < -0.3 is 0 Å². The second kappa shape index (κ2) is 3.97. The van der Waals surface area contributed by atoms with E-state index >= 15 is 0 Å². The number of hydrogen-bond acceptors (Lipinski definition) is 0. The molecule has 1 rings (SSSR count). The lowest BCUT2D eigenvalue weighted by molar-refractivity contribution is 1.16. The summed E-state index contributed by atoms with van der Waals surface area (Å²) in [7, 11) is 0. The van der Waals surface area contributed by atoms with Crippen molar-refractivity contribution in [3.8, 4) is 0 Å². The van der Waals surface area contributed by atoms with E-state index in [2.05, 4.69) is 25.3 Å². The van der Waals surface area contributed by atoms with E-state index < -0.39 is 0 Å². The lowest BCUT2D eigenvalue weighted by Gasteiger charge is -2.01. The van der Waals surface area contributed by atoms with Crippen LogP contribution in [-0.4, -0.2) is 0 Å². The van der Waals surface area contributed by atoms with Gasteiger partial charge in [0.05, 0.1) is 0 Å². The fourth-order valence-electron chi connectivity index (χ4n) is 1.35. The van der Waals surface area contributed by atoms with Crippen molar-refractivity contribution >= 4 is 0 Å². The molecule has 0 unspecified atom stereocenters. The highest BCUT2D eigenvalue weighted by molar-refractivity contribution is 5.39. The Morgan fingerprint density at radius 1 is 1.09 bits per heavy atom. The van der Waals surface area contributed by atoms with Crippen molar-refractivity contribution < 1.29 is 0 Å². The average Bonchev–Trinajstić information content (AvgIpc) is 2.39. The summed E-state index contributed by atoms with van der Waals surface area (Å²) in [5.74, 6) is 0. The first-order chi connectivity index (χ1) is 5.38. The Balaban J connectivity index is 2.59. The predicted octanol–water partition coefficient (Wildman–Crippen LogP) is 3.40. The zero-order valence-corrected chi connectivity index (χ0v) is 6.84. The van der Waals surface area contributed by atoms with Gasteiger partial charge in [0.25, 0.3) is 0 Å². The van der Waals surface area contributed by atoms with E-state index in [1.165, 1.54) is 11.1 Å². The van der Waals surface area contributed by atoms with Gasteiger partial charge in [-0.25, -0.2) is 0 Å². The molecule has 0 bridgehead atoms. The molecule has 0 fully saturated rings. The molecule has 0 aliphatic heterocycles. The summed E-state index contributed by atoms with van der Waals surface area (Å²) in [6.07, 6.45) is 11.5. The molecule has 0 heteroatoms. The van der Waals surface area contributed by atoms with Crippen molar-refractivity contribution in [2.24, 2.45) is 0 Å². The van der Waals surface area contributed by atoms with Gasteiger partial charge in [-0.3, -0.25) is 0 Å². The van der Waals surface area contributed by atoms with Gasteiger partial charge in [-0.15, -0.1) is 13.2 Å². The second-order valence-corrected chi connectivity index (χ2v) is 2.68. The van der Waals surface area contributed by atoms with Crippen LogP contribution in [0.4, 0.5) is 0 Å². The molecule has 0 aromatic carbocycles. The minimum atomic E-state index is 1.000. The highest BCUT2D eigenvalue weighted by Crippen LogP contribution is 2.25. The van der Waals surface area contributed by atoms with Gasteiger partial charge in [-0.1, -0.05) is 24.3 Å². The van der Waals surface area contributed by atoms with Gasteiger partial charge in [0, 0.05) is 0 Å². The molecule has 0 saturated carbocycles. The van der Waals surface area contributed by atoms with E-state index in [1.54, 1.807) is 0 Å². The summed E-state index contributed by atoms with van der Waals surface area (Å²) >= 11 is 0. The van der Waals surface area contributed by atoms with Crippen LogP contribution in [0.1, 0.15) is 19.3 Å². The number of allylic oxidation sites excluding steroid dienone is 6. The maximum Gasteiger partial charge on any atom is -0.0100 e.